The Morgan fingerprint density at radius 3 is 2.21 bits per heavy atom. The van der Waals surface area contributed by atoms with Gasteiger partial charge in [0, 0.05) is 19.6 Å². The number of nitrogens with zero attached hydrogens (tertiary/aromatic N) is 1. The topological polar surface area (TPSA) is 69.6 Å². The molecule has 2 rings (SSSR count). The maximum atomic E-state index is 12.1. The summed E-state index contributed by atoms with van der Waals surface area (Å²) in [5.41, 5.74) is 1.71. The van der Waals surface area contributed by atoms with Crippen LogP contribution in [-0.4, -0.2) is 30.9 Å². The summed E-state index contributed by atoms with van der Waals surface area (Å²) < 4.78 is 28.2. The number of hydrogen-bond acceptors (Lipinski definition) is 3. The molecule has 0 radical (unpaired) electrons. The van der Waals surface area contributed by atoms with Gasteiger partial charge < -0.3 is 5.11 Å². The van der Waals surface area contributed by atoms with Crippen molar-refractivity contribution in [2.24, 2.45) is 0 Å². The van der Waals surface area contributed by atoms with E-state index in [1.807, 2.05) is 12.1 Å². The van der Waals surface area contributed by atoms with Gasteiger partial charge in [0.15, 0.2) is 0 Å². The number of nitrogens with one attached hydrogen (secondary N) is 1. The van der Waals surface area contributed by atoms with Gasteiger partial charge in [0.2, 0.25) is 0 Å². The molecule has 1 aromatic rings. The van der Waals surface area contributed by atoms with Gasteiger partial charge in [-0.1, -0.05) is 30.7 Å². The number of piperidine rings is 1. The molecule has 19 heavy (non-hydrogen) atoms. The van der Waals surface area contributed by atoms with Crippen molar-refractivity contribution in [2.75, 3.05) is 13.1 Å². The van der Waals surface area contributed by atoms with E-state index in [1.165, 1.54) is 4.31 Å². The molecule has 0 aliphatic carbocycles. The molecule has 5 nitrogen and oxygen atoms in total. The van der Waals surface area contributed by atoms with Gasteiger partial charge in [-0.05, 0) is 24.0 Å². The molecular formula is C13H20N2O3S. The highest BCUT2D eigenvalue weighted by Gasteiger charge is 2.22. The lowest BCUT2D eigenvalue weighted by atomic mass is 10.1. The van der Waals surface area contributed by atoms with Crippen molar-refractivity contribution in [1.82, 2.24) is 9.03 Å². The van der Waals surface area contributed by atoms with Crippen LogP contribution >= 0.6 is 0 Å². The fourth-order valence-corrected chi connectivity index (χ4v) is 3.40. The normalized spacial score (nSPS) is 17.5. The van der Waals surface area contributed by atoms with E-state index in [1.54, 1.807) is 12.1 Å². The first-order valence-electron chi connectivity index (χ1n) is 6.55. The number of benzene rings is 1. The molecule has 1 aromatic carbocycles. The first kappa shape index (κ1) is 14.5. The lowest BCUT2D eigenvalue weighted by Gasteiger charge is -2.25. The molecule has 0 atom stereocenters. The Morgan fingerprint density at radius 2 is 1.63 bits per heavy atom. The van der Waals surface area contributed by atoms with Crippen molar-refractivity contribution in [3.8, 4) is 0 Å². The number of hydrogen-bond donors (Lipinski definition) is 2. The quantitative estimate of drug-likeness (QED) is 0.847. The van der Waals surface area contributed by atoms with Gasteiger partial charge in [0.05, 0.1) is 6.61 Å². The Bertz CT molecular complexity index is 493. The van der Waals surface area contributed by atoms with E-state index in [9.17, 15) is 8.42 Å². The molecule has 1 aliphatic heterocycles. The average molecular weight is 284 g/mol. The van der Waals surface area contributed by atoms with Gasteiger partial charge in [0.25, 0.3) is 10.2 Å². The number of aliphatic hydroxyl groups excluding tert-OH is 1. The molecule has 1 heterocycles. The number of rotatable bonds is 5. The van der Waals surface area contributed by atoms with Gasteiger partial charge >= 0.3 is 0 Å². The van der Waals surface area contributed by atoms with Crippen LogP contribution in [0.25, 0.3) is 0 Å². The van der Waals surface area contributed by atoms with Crippen molar-refractivity contribution in [3.05, 3.63) is 35.4 Å². The van der Waals surface area contributed by atoms with Crippen LogP contribution in [0.1, 0.15) is 30.4 Å². The van der Waals surface area contributed by atoms with Gasteiger partial charge in [0.1, 0.15) is 0 Å². The molecule has 1 saturated heterocycles. The van der Waals surface area contributed by atoms with E-state index in [0.29, 0.717) is 13.1 Å². The van der Waals surface area contributed by atoms with E-state index in [2.05, 4.69) is 4.72 Å². The summed E-state index contributed by atoms with van der Waals surface area (Å²) in [6.45, 7) is 1.50. The SMILES string of the molecule is O=S(=O)(NCc1ccc(CO)cc1)N1CCCCC1. The Hall–Kier alpha value is -0.950. The van der Waals surface area contributed by atoms with Crippen LogP contribution in [0, 0.1) is 0 Å². The number of aliphatic hydroxyl groups is 1. The van der Waals surface area contributed by atoms with Crippen molar-refractivity contribution in [3.63, 3.8) is 0 Å². The maximum absolute atomic E-state index is 12.1. The smallest absolute Gasteiger partial charge is 0.279 e. The van der Waals surface area contributed by atoms with Crippen molar-refractivity contribution in [1.29, 1.82) is 0 Å². The highest BCUT2D eigenvalue weighted by atomic mass is 32.2. The summed E-state index contributed by atoms with van der Waals surface area (Å²) in [7, 11) is -3.36. The summed E-state index contributed by atoms with van der Waals surface area (Å²) >= 11 is 0. The third-order valence-corrected chi connectivity index (χ3v) is 4.87. The molecule has 0 saturated carbocycles. The highest BCUT2D eigenvalue weighted by molar-refractivity contribution is 7.87. The minimum Gasteiger partial charge on any atom is -0.392 e. The van der Waals surface area contributed by atoms with E-state index in [4.69, 9.17) is 5.11 Å². The van der Waals surface area contributed by atoms with Gasteiger partial charge in [-0.2, -0.15) is 17.4 Å². The molecule has 106 valence electrons. The molecule has 0 unspecified atom stereocenters. The van der Waals surface area contributed by atoms with E-state index >= 15 is 0 Å². The molecule has 0 spiro atoms. The second kappa shape index (κ2) is 6.47. The summed E-state index contributed by atoms with van der Waals surface area (Å²) in [6.07, 6.45) is 2.98. The standard InChI is InChI=1S/C13H20N2O3S/c16-11-13-6-4-12(5-7-13)10-14-19(17,18)15-8-2-1-3-9-15/h4-7,14,16H,1-3,8-11H2. The van der Waals surface area contributed by atoms with Crippen LogP contribution in [-0.2, 0) is 23.4 Å². The van der Waals surface area contributed by atoms with Gasteiger partial charge in [-0.3, -0.25) is 0 Å². The molecule has 6 heteroatoms. The summed E-state index contributed by atoms with van der Waals surface area (Å²) in [5, 5.41) is 8.94. The minimum atomic E-state index is -3.36. The van der Waals surface area contributed by atoms with Crippen molar-refractivity contribution < 1.29 is 13.5 Å². The third kappa shape index (κ3) is 4.01. The predicted molar refractivity (Wildman–Crippen MR) is 73.5 cm³/mol. The summed E-state index contributed by atoms with van der Waals surface area (Å²) in [6, 6.07) is 7.24. The van der Waals surface area contributed by atoms with Crippen molar-refractivity contribution >= 4 is 10.2 Å². The second-order valence-electron chi connectivity index (χ2n) is 4.76. The zero-order valence-electron chi connectivity index (χ0n) is 10.9. The third-order valence-electron chi connectivity index (χ3n) is 3.32. The molecule has 1 aliphatic rings. The van der Waals surface area contributed by atoms with Crippen molar-refractivity contribution in [2.45, 2.75) is 32.4 Å². The Kier molecular flexibility index (Phi) is 4.93. The largest absolute Gasteiger partial charge is 0.392 e. The first-order valence-corrected chi connectivity index (χ1v) is 7.99. The van der Waals surface area contributed by atoms with E-state index < -0.39 is 10.2 Å². The Morgan fingerprint density at radius 1 is 1.05 bits per heavy atom. The zero-order valence-corrected chi connectivity index (χ0v) is 11.7. The molecule has 2 N–H and O–H groups in total. The van der Waals surface area contributed by atoms with E-state index in [-0.39, 0.29) is 13.2 Å². The minimum absolute atomic E-state index is 0.000213. The van der Waals surface area contributed by atoms with Gasteiger partial charge in [-0.25, -0.2) is 0 Å². The summed E-state index contributed by atoms with van der Waals surface area (Å²) in [4.78, 5) is 0. The molecule has 0 amide bonds. The van der Waals surface area contributed by atoms with Crippen LogP contribution in [0.3, 0.4) is 0 Å². The average Bonchev–Trinajstić information content (AvgIpc) is 2.47. The van der Waals surface area contributed by atoms with E-state index in [0.717, 1.165) is 30.4 Å². The lowest BCUT2D eigenvalue weighted by Crippen LogP contribution is -2.43. The molecular weight excluding hydrogens is 264 g/mol. The lowest BCUT2D eigenvalue weighted by molar-refractivity contribution is 0.282. The fraction of sp³-hybridized carbons (Fsp3) is 0.538. The van der Waals surface area contributed by atoms with Crippen LogP contribution in [0.5, 0.6) is 0 Å². The Labute approximate surface area is 114 Å². The van der Waals surface area contributed by atoms with Crippen LogP contribution in [0.2, 0.25) is 0 Å². The van der Waals surface area contributed by atoms with Crippen LogP contribution in [0.15, 0.2) is 24.3 Å². The summed E-state index contributed by atoms with van der Waals surface area (Å²) in [5.74, 6) is 0. The fourth-order valence-electron chi connectivity index (χ4n) is 2.13. The molecule has 1 fully saturated rings. The second-order valence-corrected chi connectivity index (χ2v) is 6.52. The zero-order chi connectivity index (χ0) is 13.7. The van der Waals surface area contributed by atoms with Crippen LogP contribution in [0.4, 0.5) is 0 Å². The highest BCUT2D eigenvalue weighted by Crippen LogP contribution is 2.12. The first-order chi connectivity index (χ1) is 9.12. The molecule has 0 bridgehead atoms. The van der Waals surface area contributed by atoms with Gasteiger partial charge in [-0.15, -0.1) is 0 Å². The molecule has 0 aromatic heterocycles. The predicted octanol–water partition coefficient (Wildman–Crippen LogP) is 0.999. The van der Waals surface area contributed by atoms with Crippen LogP contribution < -0.4 is 4.72 Å². The monoisotopic (exact) mass is 284 g/mol. The maximum Gasteiger partial charge on any atom is 0.279 e. The Balaban J connectivity index is 1.92.